The molecule has 0 saturated carbocycles. The Morgan fingerprint density at radius 3 is 2.38 bits per heavy atom. The van der Waals surface area contributed by atoms with Crippen molar-refractivity contribution in [2.24, 2.45) is 0 Å². The quantitative estimate of drug-likeness (QED) is 0.799. The van der Waals surface area contributed by atoms with Crippen LogP contribution in [0.3, 0.4) is 0 Å². The predicted molar refractivity (Wildman–Crippen MR) is 118 cm³/mol. The summed E-state index contributed by atoms with van der Waals surface area (Å²) in [4.78, 5) is 18.8. The molecule has 0 aliphatic carbocycles. The molecule has 2 heterocycles. The molecule has 2 aromatic carbocycles. The Bertz CT molecular complexity index is 851. The van der Waals surface area contributed by atoms with Crippen molar-refractivity contribution in [3.05, 3.63) is 70.8 Å². The van der Waals surface area contributed by atoms with E-state index in [0.717, 1.165) is 45.6 Å². The Morgan fingerprint density at radius 2 is 1.69 bits per heavy atom. The van der Waals surface area contributed by atoms with Crippen LogP contribution >= 0.6 is 0 Å². The molecule has 2 aromatic rings. The van der Waals surface area contributed by atoms with Crippen LogP contribution in [-0.4, -0.2) is 60.9 Å². The smallest absolute Gasteiger partial charge is 0.236 e. The van der Waals surface area contributed by atoms with Crippen LogP contribution in [0.15, 0.2) is 48.5 Å². The van der Waals surface area contributed by atoms with E-state index in [1.54, 1.807) is 10.5 Å². The minimum Gasteiger partial charge on any atom is -0.348 e. The Kier molecular flexibility index (Phi) is 5.75. The molecule has 0 radical (unpaired) electrons. The highest BCUT2D eigenvalue weighted by Crippen LogP contribution is 2.42. The molecule has 0 N–H and O–H groups in total. The Hall–Kier alpha value is -2.17. The van der Waals surface area contributed by atoms with E-state index < -0.39 is 0 Å². The zero-order valence-corrected chi connectivity index (χ0v) is 18.0. The van der Waals surface area contributed by atoms with E-state index in [1.807, 2.05) is 14.1 Å². The maximum atomic E-state index is 12.1. The lowest BCUT2D eigenvalue weighted by Gasteiger charge is -2.49. The zero-order valence-electron chi connectivity index (χ0n) is 18.0. The van der Waals surface area contributed by atoms with Crippen LogP contribution in [0, 0.1) is 6.92 Å². The summed E-state index contributed by atoms with van der Waals surface area (Å²) < 4.78 is 0. The summed E-state index contributed by atoms with van der Waals surface area (Å²) in [6, 6.07) is 18.0. The summed E-state index contributed by atoms with van der Waals surface area (Å²) in [5.74, 6) is 0.200. The van der Waals surface area contributed by atoms with Gasteiger partial charge >= 0.3 is 0 Å². The van der Waals surface area contributed by atoms with Crippen LogP contribution in [0.1, 0.15) is 35.1 Å². The van der Waals surface area contributed by atoms with Crippen molar-refractivity contribution in [2.75, 3.05) is 40.3 Å². The number of rotatable bonds is 4. The molecule has 1 amide bonds. The van der Waals surface area contributed by atoms with Crippen LogP contribution in [0.4, 0.5) is 0 Å². The van der Waals surface area contributed by atoms with Crippen LogP contribution in [0.2, 0.25) is 0 Å². The molecule has 0 bridgehead atoms. The van der Waals surface area contributed by atoms with Gasteiger partial charge in [0.1, 0.15) is 0 Å². The number of likely N-dealkylation sites (tertiary alicyclic amines) is 1. The zero-order chi connectivity index (χ0) is 20.4. The first kappa shape index (κ1) is 20.1. The molecule has 4 rings (SSSR count). The van der Waals surface area contributed by atoms with Crippen molar-refractivity contribution in [3.8, 4) is 0 Å². The van der Waals surface area contributed by atoms with E-state index in [-0.39, 0.29) is 11.3 Å². The molecule has 4 heteroatoms. The van der Waals surface area contributed by atoms with Crippen molar-refractivity contribution < 1.29 is 4.79 Å². The van der Waals surface area contributed by atoms with Gasteiger partial charge in [-0.1, -0.05) is 54.1 Å². The fourth-order valence-electron chi connectivity index (χ4n) is 4.95. The first-order valence-electron chi connectivity index (χ1n) is 10.7. The maximum Gasteiger partial charge on any atom is 0.236 e. The molecule has 29 heavy (non-hydrogen) atoms. The molecule has 1 spiro atoms. The fraction of sp³-hybridized carbons (Fsp3) is 0.480. The molecule has 1 saturated heterocycles. The molecule has 0 aromatic heterocycles. The summed E-state index contributed by atoms with van der Waals surface area (Å²) >= 11 is 0. The summed E-state index contributed by atoms with van der Waals surface area (Å²) in [5.41, 5.74) is 5.92. The number of likely N-dealkylation sites (N-methyl/N-ethyl adjacent to an activating group) is 1. The number of carbonyl (C=O) groups is 1. The second kappa shape index (κ2) is 8.29. The number of piperidine rings is 1. The van der Waals surface area contributed by atoms with Crippen molar-refractivity contribution in [2.45, 2.75) is 38.3 Å². The highest BCUT2D eigenvalue weighted by Gasteiger charge is 2.41. The SMILES string of the molecule is Cc1ccc(CN2Cc3ccccc3C3(CCN(CC(=O)N(C)C)CC3)C2)cc1. The minimum absolute atomic E-state index is 0.200. The van der Waals surface area contributed by atoms with Gasteiger partial charge in [0.15, 0.2) is 0 Å². The van der Waals surface area contributed by atoms with Gasteiger partial charge < -0.3 is 4.90 Å². The van der Waals surface area contributed by atoms with E-state index in [2.05, 4.69) is 65.3 Å². The van der Waals surface area contributed by atoms with Crippen LogP contribution in [0.25, 0.3) is 0 Å². The lowest BCUT2D eigenvalue weighted by atomic mass is 9.68. The molecule has 0 atom stereocenters. The third kappa shape index (κ3) is 4.39. The third-order valence-electron chi connectivity index (χ3n) is 6.71. The number of fused-ring (bicyclic) bond motifs is 2. The fourth-order valence-corrected chi connectivity index (χ4v) is 4.95. The maximum absolute atomic E-state index is 12.1. The van der Waals surface area contributed by atoms with Gasteiger partial charge in [-0.3, -0.25) is 14.6 Å². The minimum atomic E-state index is 0.200. The largest absolute Gasteiger partial charge is 0.348 e. The molecule has 4 nitrogen and oxygen atoms in total. The average molecular weight is 392 g/mol. The van der Waals surface area contributed by atoms with E-state index >= 15 is 0 Å². The number of aryl methyl sites for hydroxylation is 1. The number of benzene rings is 2. The first-order valence-corrected chi connectivity index (χ1v) is 10.7. The summed E-state index contributed by atoms with van der Waals surface area (Å²) in [7, 11) is 3.68. The Morgan fingerprint density at radius 1 is 1.00 bits per heavy atom. The van der Waals surface area contributed by atoms with Crippen molar-refractivity contribution in [1.82, 2.24) is 14.7 Å². The van der Waals surface area contributed by atoms with Gasteiger partial charge in [0.2, 0.25) is 5.91 Å². The lowest BCUT2D eigenvalue weighted by molar-refractivity contribution is -0.130. The van der Waals surface area contributed by atoms with Gasteiger partial charge in [-0.15, -0.1) is 0 Å². The normalized spacial score (nSPS) is 19.1. The predicted octanol–water partition coefficient (Wildman–Crippen LogP) is 3.43. The lowest BCUT2D eigenvalue weighted by Crippen LogP contribution is -2.52. The topological polar surface area (TPSA) is 26.8 Å². The number of amides is 1. The Labute approximate surface area is 175 Å². The van der Waals surface area contributed by atoms with E-state index in [0.29, 0.717) is 6.54 Å². The van der Waals surface area contributed by atoms with Crippen molar-refractivity contribution in [3.63, 3.8) is 0 Å². The molecule has 0 unspecified atom stereocenters. The summed E-state index contributed by atoms with van der Waals surface area (Å²) in [5, 5.41) is 0. The number of hydrogen-bond acceptors (Lipinski definition) is 3. The molecule has 2 aliphatic heterocycles. The monoisotopic (exact) mass is 391 g/mol. The molecular formula is C25H33N3O. The number of nitrogens with zero attached hydrogens (tertiary/aromatic N) is 3. The van der Waals surface area contributed by atoms with E-state index in [1.165, 1.54) is 16.7 Å². The van der Waals surface area contributed by atoms with Gasteiger partial charge in [0, 0.05) is 39.1 Å². The van der Waals surface area contributed by atoms with Gasteiger partial charge in [0.05, 0.1) is 6.54 Å². The molecule has 154 valence electrons. The summed E-state index contributed by atoms with van der Waals surface area (Å²) in [6.07, 6.45) is 2.24. The number of carbonyl (C=O) groups excluding carboxylic acids is 1. The molecular weight excluding hydrogens is 358 g/mol. The second-order valence-electron chi connectivity index (χ2n) is 9.13. The van der Waals surface area contributed by atoms with Gasteiger partial charge in [-0.05, 0) is 49.5 Å². The average Bonchev–Trinajstić information content (AvgIpc) is 2.71. The van der Waals surface area contributed by atoms with Crippen LogP contribution < -0.4 is 0 Å². The van der Waals surface area contributed by atoms with Crippen molar-refractivity contribution in [1.29, 1.82) is 0 Å². The summed E-state index contributed by atoms with van der Waals surface area (Å²) in [6.45, 7) is 7.79. The molecule has 2 aliphatic rings. The van der Waals surface area contributed by atoms with E-state index in [4.69, 9.17) is 0 Å². The van der Waals surface area contributed by atoms with Gasteiger partial charge in [0.25, 0.3) is 0 Å². The molecule has 1 fully saturated rings. The highest BCUT2D eigenvalue weighted by molar-refractivity contribution is 5.77. The Balaban J connectivity index is 1.51. The van der Waals surface area contributed by atoms with Gasteiger partial charge in [-0.25, -0.2) is 0 Å². The first-order chi connectivity index (χ1) is 13.9. The van der Waals surface area contributed by atoms with Gasteiger partial charge in [-0.2, -0.15) is 0 Å². The van der Waals surface area contributed by atoms with Crippen LogP contribution in [-0.2, 0) is 23.3 Å². The third-order valence-corrected chi connectivity index (χ3v) is 6.71. The number of hydrogen-bond donors (Lipinski definition) is 0. The van der Waals surface area contributed by atoms with Crippen LogP contribution in [0.5, 0.6) is 0 Å². The second-order valence-corrected chi connectivity index (χ2v) is 9.13. The van der Waals surface area contributed by atoms with E-state index in [9.17, 15) is 4.79 Å². The van der Waals surface area contributed by atoms with Crippen molar-refractivity contribution >= 4 is 5.91 Å². The standard InChI is InChI=1S/C25H33N3O/c1-20-8-10-21(11-9-20)16-28-17-22-6-4-5-7-23(22)25(19-28)12-14-27(15-13-25)18-24(29)26(2)3/h4-11H,12-19H2,1-3H3. The highest BCUT2D eigenvalue weighted by atomic mass is 16.2.